The molecular formula is C9H19NOS. The summed E-state index contributed by atoms with van der Waals surface area (Å²) in [5.74, 6) is 2.59. The lowest BCUT2D eigenvalue weighted by Gasteiger charge is -2.16. The van der Waals surface area contributed by atoms with E-state index in [1.165, 1.54) is 30.8 Å². The number of hydrogen-bond donors (Lipinski definition) is 2. The predicted molar refractivity (Wildman–Crippen MR) is 54.6 cm³/mol. The fourth-order valence-corrected chi connectivity index (χ4v) is 2.47. The normalized spacial score (nSPS) is 28.0. The van der Waals surface area contributed by atoms with Crippen LogP contribution in [0.3, 0.4) is 0 Å². The lowest BCUT2D eigenvalue weighted by molar-refractivity contribution is 0.185. The smallest absolute Gasteiger partial charge is 0.0636 e. The molecule has 0 amide bonds. The molecule has 2 N–H and O–H groups in total. The Morgan fingerprint density at radius 1 is 1.50 bits per heavy atom. The molecule has 2 nitrogen and oxygen atoms in total. The second-order valence-electron chi connectivity index (χ2n) is 3.50. The maximum Gasteiger partial charge on any atom is 0.0636 e. The number of hydrogen-bond acceptors (Lipinski definition) is 3. The third kappa shape index (κ3) is 4.33. The van der Waals surface area contributed by atoms with Gasteiger partial charge in [-0.1, -0.05) is 0 Å². The van der Waals surface area contributed by atoms with Crippen LogP contribution >= 0.6 is 11.8 Å². The molecule has 0 bridgehead atoms. The van der Waals surface area contributed by atoms with Gasteiger partial charge in [-0.3, -0.25) is 0 Å². The van der Waals surface area contributed by atoms with E-state index in [4.69, 9.17) is 5.11 Å². The average Bonchev–Trinajstić information content (AvgIpc) is 2.28. The Hall–Kier alpha value is 0.270. The summed E-state index contributed by atoms with van der Waals surface area (Å²) in [7, 11) is 0. The van der Waals surface area contributed by atoms with Crippen LogP contribution in [-0.4, -0.2) is 35.3 Å². The molecule has 0 aliphatic carbocycles. The molecule has 1 aliphatic rings. The highest BCUT2D eigenvalue weighted by molar-refractivity contribution is 7.99. The van der Waals surface area contributed by atoms with Gasteiger partial charge in [-0.05, 0) is 37.7 Å². The SMILES string of the molecule is C[C@H](O)CNC1CCCSCC1. The maximum absolute atomic E-state index is 9.09. The van der Waals surface area contributed by atoms with Crippen molar-refractivity contribution in [3.63, 3.8) is 0 Å². The molecule has 0 saturated carbocycles. The van der Waals surface area contributed by atoms with Crippen molar-refractivity contribution < 1.29 is 5.11 Å². The first-order chi connectivity index (χ1) is 5.79. The van der Waals surface area contributed by atoms with Crippen molar-refractivity contribution in [3.05, 3.63) is 0 Å². The number of nitrogens with one attached hydrogen (secondary N) is 1. The van der Waals surface area contributed by atoms with Crippen LogP contribution in [-0.2, 0) is 0 Å². The highest BCUT2D eigenvalue weighted by atomic mass is 32.2. The minimum absolute atomic E-state index is 0.207. The van der Waals surface area contributed by atoms with Crippen LogP contribution in [0.2, 0.25) is 0 Å². The number of aliphatic hydroxyl groups excluding tert-OH is 1. The fraction of sp³-hybridized carbons (Fsp3) is 1.00. The van der Waals surface area contributed by atoms with Crippen molar-refractivity contribution in [2.45, 2.75) is 38.3 Å². The minimum Gasteiger partial charge on any atom is -0.392 e. The van der Waals surface area contributed by atoms with E-state index >= 15 is 0 Å². The predicted octanol–water partition coefficient (Wildman–Crippen LogP) is 1.24. The van der Waals surface area contributed by atoms with Crippen molar-refractivity contribution in [3.8, 4) is 0 Å². The van der Waals surface area contributed by atoms with Crippen molar-refractivity contribution in [2.75, 3.05) is 18.1 Å². The Bertz CT molecular complexity index is 111. The Kier molecular flexibility index (Phi) is 5.04. The molecule has 0 aromatic heterocycles. The molecule has 0 spiro atoms. The molecule has 1 rings (SSSR count). The first-order valence-electron chi connectivity index (χ1n) is 4.78. The van der Waals surface area contributed by atoms with Crippen LogP contribution in [0.25, 0.3) is 0 Å². The second-order valence-corrected chi connectivity index (χ2v) is 4.72. The van der Waals surface area contributed by atoms with E-state index in [-0.39, 0.29) is 6.10 Å². The van der Waals surface area contributed by atoms with Gasteiger partial charge in [0.2, 0.25) is 0 Å². The topological polar surface area (TPSA) is 32.3 Å². The van der Waals surface area contributed by atoms with Gasteiger partial charge in [0, 0.05) is 12.6 Å². The minimum atomic E-state index is -0.207. The number of rotatable bonds is 3. The van der Waals surface area contributed by atoms with Gasteiger partial charge in [-0.25, -0.2) is 0 Å². The van der Waals surface area contributed by atoms with Gasteiger partial charge < -0.3 is 10.4 Å². The largest absolute Gasteiger partial charge is 0.392 e. The van der Waals surface area contributed by atoms with Crippen LogP contribution in [0.1, 0.15) is 26.2 Å². The molecule has 2 atom stereocenters. The van der Waals surface area contributed by atoms with Gasteiger partial charge in [-0.2, -0.15) is 11.8 Å². The van der Waals surface area contributed by atoms with Crippen LogP contribution in [0.5, 0.6) is 0 Å². The van der Waals surface area contributed by atoms with E-state index < -0.39 is 0 Å². The Morgan fingerprint density at radius 2 is 2.33 bits per heavy atom. The molecule has 1 fully saturated rings. The fourth-order valence-electron chi connectivity index (χ4n) is 1.45. The van der Waals surface area contributed by atoms with Crippen LogP contribution in [0.15, 0.2) is 0 Å². The van der Waals surface area contributed by atoms with Gasteiger partial charge >= 0.3 is 0 Å². The van der Waals surface area contributed by atoms with Gasteiger partial charge in [0.15, 0.2) is 0 Å². The zero-order valence-corrected chi connectivity index (χ0v) is 8.57. The van der Waals surface area contributed by atoms with E-state index in [0.29, 0.717) is 6.04 Å². The second kappa shape index (κ2) is 5.84. The monoisotopic (exact) mass is 189 g/mol. The van der Waals surface area contributed by atoms with E-state index in [0.717, 1.165) is 6.54 Å². The standard InChI is InChI=1S/C9H19NOS/c1-8(11)7-10-9-3-2-5-12-6-4-9/h8-11H,2-7H2,1H3/t8-,9?/m0/s1. The molecule has 3 heteroatoms. The first kappa shape index (κ1) is 10.4. The molecule has 12 heavy (non-hydrogen) atoms. The summed E-state index contributed by atoms with van der Waals surface area (Å²) < 4.78 is 0. The quantitative estimate of drug-likeness (QED) is 0.700. The van der Waals surface area contributed by atoms with Gasteiger partial charge in [0.05, 0.1) is 6.10 Å². The van der Waals surface area contributed by atoms with Gasteiger partial charge in [-0.15, -0.1) is 0 Å². The summed E-state index contributed by atoms with van der Waals surface area (Å²) in [5.41, 5.74) is 0. The summed E-state index contributed by atoms with van der Waals surface area (Å²) in [6.07, 6.45) is 3.65. The van der Waals surface area contributed by atoms with Crippen molar-refractivity contribution in [1.29, 1.82) is 0 Å². The summed E-state index contributed by atoms with van der Waals surface area (Å²) in [5, 5.41) is 12.5. The Labute approximate surface area is 79.1 Å². The lowest BCUT2D eigenvalue weighted by Crippen LogP contribution is -2.34. The number of aliphatic hydroxyl groups is 1. The molecule has 1 heterocycles. The zero-order chi connectivity index (χ0) is 8.81. The molecule has 0 aromatic rings. The van der Waals surface area contributed by atoms with E-state index in [2.05, 4.69) is 17.1 Å². The van der Waals surface area contributed by atoms with Crippen LogP contribution in [0.4, 0.5) is 0 Å². The highest BCUT2D eigenvalue weighted by Gasteiger charge is 2.11. The Morgan fingerprint density at radius 3 is 3.08 bits per heavy atom. The maximum atomic E-state index is 9.09. The molecule has 1 aliphatic heterocycles. The molecular weight excluding hydrogens is 170 g/mol. The van der Waals surface area contributed by atoms with Crippen molar-refractivity contribution in [2.24, 2.45) is 0 Å². The highest BCUT2D eigenvalue weighted by Crippen LogP contribution is 2.16. The lowest BCUT2D eigenvalue weighted by atomic mass is 10.1. The Balaban J connectivity index is 2.12. The molecule has 1 unspecified atom stereocenters. The van der Waals surface area contributed by atoms with Crippen LogP contribution < -0.4 is 5.32 Å². The third-order valence-electron chi connectivity index (χ3n) is 2.15. The van der Waals surface area contributed by atoms with E-state index in [9.17, 15) is 0 Å². The summed E-state index contributed by atoms with van der Waals surface area (Å²) in [6.45, 7) is 2.58. The van der Waals surface area contributed by atoms with Crippen molar-refractivity contribution >= 4 is 11.8 Å². The molecule has 0 aromatic carbocycles. The molecule has 72 valence electrons. The van der Waals surface area contributed by atoms with Gasteiger partial charge in [0.1, 0.15) is 0 Å². The summed E-state index contributed by atoms with van der Waals surface area (Å²) >= 11 is 2.05. The number of thioether (sulfide) groups is 1. The van der Waals surface area contributed by atoms with Crippen LogP contribution in [0, 0.1) is 0 Å². The van der Waals surface area contributed by atoms with Crippen molar-refractivity contribution in [1.82, 2.24) is 5.32 Å². The van der Waals surface area contributed by atoms with Gasteiger partial charge in [0.25, 0.3) is 0 Å². The average molecular weight is 189 g/mol. The molecule has 0 radical (unpaired) electrons. The molecule has 1 saturated heterocycles. The summed E-state index contributed by atoms with van der Waals surface area (Å²) in [4.78, 5) is 0. The third-order valence-corrected chi connectivity index (χ3v) is 3.26. The first-order valence-corrected chi connectivity index (χ1v) is 5.93. The summed E-state index contributed by atoms with van der Waals surface area (Å²) in [6, 6.07) is 0.648. The zero-order valence-electron chi connectivity index (χ0n) is 7.75. The van der Waals surface area contributed by atoms with E-state index in [1.807, 2.05) is 6.92 Å². The van der Waals surface area contributed by atoms with E-state index in [1.54, 1.807) is 0 Å².